The molecule has 2 aliphatic heterocycles. The first-order valence-electron chi connectivity index (χ1n) is 10.8. The van der Waals surface area contributed by atoms with Crippen molar-refractivity contribution in [2.45, 2.75) is 27.2 Å². The number of amides is 2. The third kappa shape index (κ3) is 5.42. The average molecular weight is 508 g/mol. The molecule has 8 nitrogen and oxygen atoms in total. The first-order valence-corrected chi connectivity index (χ1v) is 11.2. The molecule has 0 spiro atoms. The largest absolute Gasteiger partial charge is 0.357 e. The lowest BCUT2D eigenvalue weighted by Crippen LogP contribution is -2.33. The molecule has 0 unspecified atom stereocenters. The van der Waals surface area contributed by atoms with Crippen molar-refractivity contribution in [2.24, 2.45) is 10.4 Å². The lowest BCUT2D eigenvalue weighted by molar-refractivity contribution is 0.250. The Morgan fingerprint density at radius 2 is 2.06 bits per heavy atom. The fourth-order valence-electron chi connectivity index (χ4n) is 3.69. The standard InChI is InChI=1S/C23H27ClFN7O.ClH/c1-23(2,3)5-6-28-22(33)30-18-10-14(16(24)11-17(18)25)15-9-13-12-29-21(26-4)31-19(13)32-8-7-27-20(15)32;/h9-12H,5-8H2,1-4H3,(H,26,29,31)(H2,28,30,33);1H. The van der Waals surface area contributed by atoms with Crippen molar-refractivity contribution >= 4 is 65.0 Å². The second-order valence-electron chi connectivity index (χ2n) is 9.14. The van der Waals surface area contributed by atoms with Gasteiger partial charge in [0, 0.05) is 43.0 Å². The van der Waals surface area contributed by atoms with Crippen molar-refractivity contribution in [1.29, 1.82) is 0 Å². The number of carbonyl (C=O) groups is 1. The molecular weight excluding hydrogens is 480 g/mol. The summed E-state index contributed by atoms with van der Waals surface area (Å²) in [4.78, 5) is 27.8. The van der Waals surface area contributed by atoms with Crippen LogP contribution in [0.4, 0.5) is 26.6 Å². The monoisotopic (exact) mass is 507 g/mol. The summed E-state index contributed by atoms with van der Waals surface area (Å²) in [6.07, 6.45) is 4.41. The Labute approximate surface area is 209 Å². The number of nitrogens with zero attached hydrogens (tertiary/aromatic N) is 4. The molecular formula is C23H28Cl2FN7O. The molecule has 11 heteroatoms. The van der Waals surface area contributed by atoms with Crippen molar-refractivity contribution in [2.75, 3.05) is 42.2 Å². The van der Waals surface area contributed by atoms with Gasteiger partial charge in [-0.15, -0.1) is 12.4 Å². The fraction of sp³-hybridized carbons (Fsp3) is 0.391. The van der Waals surface area contributed by atoms with Crippen LogP contribution in [0.5, 0.6) is 0 Å². The second-order valence-corrected chi connectivity index (χ2v) is 9.55. The summed E-state index contributed by atoms with van der Waals surface area (Å²) in [5, 5.41) is 8.54. The van der Waals surface area contributed by atoms with Gasteiger partial charge < -0.3 is 20.9 Å². The van der Waals surface area contributed by atoms with Crippen LogP contribution in [0.1, 0.15) is 38.3 Å². The number of carbonyl (C=O) groups excluding carboxylic acids is 1. The third-order valence-corrected chi connectivity index (χ3v) is 5.73. The summed E-state index contributed by atoms with van der Waals surface area (Å²) in [6.45, 7) is 8.03. The van der Waals surface area contributed by atoms with Crippen LogP contribution in [0.2, 0.25) is 5.02 Å². The molecule has 34 heavy (non-hydrogen) atoms. The zero-order valence-electron chi connectivity index (χ0n) is 19.5. The van der Waals surface area contributed by atoms with E-state index in [1.165, 1.54) is 6.07 Å². The summed E-state index contributed by atoms with van der Waals surface area (Å²) in [5.41, 5.74) is 2.22. The number of rotatable bonds is 5. The van der Waals surface area contributed by atoms with Gasteiger partial charge in [0.15, 0.2) is 0 Å². The van der Waals surface area contributed by atoms with Crippen molar-refractivity contribution in [3.05, 3.63) is 40.3 Å². The molecule has 2 aliphatic rings. The van der Waals surface area contributed by atoms with E-state index in [1.54, 1.807) is 19.3 Å². The molecule has 2 aromatic rings. The molecule has 2 amide bonds. The van der Waals surface area contributed by atoms with E-state index in [2.05, 4.69) is 51.7 Å². The number of hydrogen-bond acceptors (Lipinski definition) is 6. The molecule has 0 atom stereocenters. The quantitative estimate of drug-likeness (QED) is 0.525. The summed E-state index contributed by atoms with van der Waals surface area (Å²) >= 11 is 6.45. The van der Waals surface area contributed by atoms with E-state index in [9.17, 15) is 9.18 Å². The van der Waals surface area contributed by atoms with E-state index < -0.39 is 11.8 Å². The molecule has 3 N–H and O–H groups in total. The highest BCUT2D eigenvalue weighted by Gasteiger charge is 2.31. The van der Waals surface area contributed by atoms with E-state index in [1.807, 2.05) is 11.0 Å². The molecule has 0 saturated carbocycles. The van der Waals surface area contributed by atoms with Crippen LogP contribution in [0, 0.1) is 11.2 Å². The maximum atomic E-state index is 14.6. The Hall–Kier alpha value is -2.91. The third-order valence-electron chi connectivity index (χ3n) is 5.41. The molecule has 0 radical (unpaired) electrons. The number of urea groups is 1. The minimum atomic E-state index is -0.612. The Morgan fingerprint density at radius 3 is 2.76 bits per heavy atom. The molecule has 182 valence electrons. The second kappa shape index (κ2) is 10.1. The van der Waals surface area contributed by atoms with Gasteiger partial charge in [0.05, 0.1) is 17.3 Å². The molecule has 0 fully saturated rings. The Kier molecular flexibility index (Phi) is 7.67. The molecule has 0 aliphatic carbocycles. The van der Waals surface area contributed by atoms with Crippen LogP contribution in [0.15, 0.2) is 23.3 Å². The van der Waals surface area contributed by atoms with Gasteiger partial charge in [0.25, 0.3) is 0 Å². The first kappa shape index (κ1) is 25.7. The van der Waals surface area contributed by atoms with Crippen molar-refractivity contribution < 1.29 is 9.18 Å². The highest BCUT2D eigenvalue weighted by Crippen LogP contribution is 2.39. The van der Waals surface area contributed by atoms with Crippen molar-refractivity contribution in [1.82, 2.24) is 15.3 Å². The number of nitrogens with one attached hydrogen (secondary N) is 3. The maximum absolute atomic E-state index is 14.6. The zero-order valence-corrected chi connectivity index (χ0v) is 21.1. The van der Waals surface area contributed by atoms with Gasteiger partial charge in [-0.25, -0.2) is 14.2 Å². The smallest absolute Gasteiger partial charge is 0.319 e. The Bertz CT molecular complexity index is 1160. The fourth-order valence-corrected chi connectivity index (χ4v) is 3.94. The first-order chi connectivity index (χ1) is 15.7. The number of anilines is 3. The van der Waals surface area contributed by atoms with Crippen LogP contribution in [0.3, 0.4) is 0 Å². The number of aliphatic imine (C=N–C) groups is 1. The van der Waals surface area contributed by atoms with Crippen LogP contribution in [-0.2, 0) is 0 Å². The van der Waals surface area contributed by atoms with Gasteiger partial charge in [-0.05, 0) is 30.0 Å². The highest BCUT2D eigenvalue weighted by atomic mass is 35.5. The van der Waals surface area contributed by atoms with E-state index in [-0.39, 0.29) is 28.5 Å². The van der Waals surface area contributed by atoms with E-state index in [4.69, 9.17) is 11.6 Å². The van der Waals surface area contributed by atoms with E-state index >= 15 is 0 Å². The molecule has 1 aromatic heterocycles. The topological polar surface area (TPSA) is 94.5 Å². The van der Waals surface area contributed by atoms with Gasteiger partial charge >= 0.3 is 6.03 Å². The van der Waals surface area contributed by atoms with Crippen molar-refractivity contribution in [3.63, 3.8) is 0 Å². The number of benzene rings is 1. The average Bonchev–Trinajstić information content (AvgIpc) is 3.24. The van der Waals surface area contributed by atoms with E-state index in [0.29, 0.717) is 37.0 Å². The Balaban J connectivity index is 0.00000324. The molecule has 1 aromatic carbocycles. The van der Waals surface area contributed by atoms with E-state index in [0.717, 1.165) is 23.4 Å². The van der Waals surface area contributed by atoms with Crippen LogP contribution >= 0.6 is 24.0 Å². The van der Waals surface area contributed by atoms with Crippen molar-refractivity contribution in [3.8, 4) is 0 Å². The lowest BCUT2D eigenvalue weighted by Gasteiger charge is -2.28. The summed E-state index contributed by atoms with van der Waals surface area (Å²) < 4.78 is 14.6. The lowest BCUT2D eigenvalue weighted by atomic mass is 9.92. The highest BCUT2D eigenvalue weighted by molar-refractivity contribution is 6.40. The number of aromatic nitrogens is 2. The number of hydrogen-bond donors (Lipinski definition) is 3. The van der Waals surface area contributed by atoms with Gasteiger partial charge in [-0.1, -0.05) is 32.4 Å². The van der Waals surface area contributed by atoms with Gasteiger partial charge in [-0.2, -0.15) is 4.98 Å². The van der Waals surface area contributed by atoms with Gasteiger partial charge in [-0.3, -0.25) is 4.99 Å². The summed E-state index contributed by atoms with van der Waals surface area (Å²) in [7, 11) is 1.76. The summed E-state index contributed by atoms with van der Waals surface area (Å²) in [5.74, 6) is 1.36. The molecule has 0 bridgehead atoms. The maximum Gasteiger partial charge on any atom is 0.319 e. The number of fused-ring (bicyclic) bond motifs is 3. The SMILES string of the molecule is CNc1ncc2c(n1)N1CCN=C1C(c1cc(NC(=O)NCCC(C)(C)C)c(F)cc1Cl)=C2.Cl. The van der Waals surface area contributed by atoms with Crippen LogP contribution in [-0.4, -0.2) is 48.5 Å². The molecule has 0 saturated heterocycles. The predicted molar refractivity (Wildman–Crippen MR) is 139 cm³/mol. The minimum Gasteiger partial charge on any atom is -0.357 e. The van der Waals surface area contributed by atoms with Gasteiger partial charge in [0.2, 0.25) is 5.95 Å². The molecule has 3 heterocycles. The van der Waals surface area contributed by atoms with Gasteiger partial charge in [0.1, 0.15) is 17.5 Å². The molecule has 4 rings (SSSR count). The Morgan fingerprint density at radius 1 is 1.29 bits per heavy atom. The normalized spacial score (nSPS) is 14.4. The zero-order chi connectivity index (χ0) is 23.8. The van der Waals surface area contributed by atoms with Crippen LogP contribution < -0.4 is 20.9 Å². The van der Waals surface area contributed by atoms with Crippen LogP contribution in [0.25, 0.3) is 11.6 Å². The number of amidine groups is 1. The minimum absolute atomic E-state index is 0. The summed E-state index contributed by atoms with van der Waals surface area (Å²) in [6, 6.07) is 2.28. The predicted octanol–water partition coefficient (Wildman–Crippen LogP) is 5.06. The number of halogens is 3.